The van der Waals surface area contributed by atoms with Crippen LogP contribution in [0.2, 0.25) is 0 Å². The van der Waals surface area contributed by atoms with E-state index in [2.05, 4.69) is 6.58 Å². The van der Waals surface area contributed by atoms with E-state index in [0.29, 0.717) is 22.3 Å². The molecule has 0 amide bonds. The Morgan fingerprint density at radius 2 is 2.20 bits per heavy atom. The molecule has 2 rings (SSSR count). The Morgan fingerprint density at radius 1 is 1.50 bits per heavy atom. The Hall–Kier alpha value is -2.27. The van der Waals surface area contributed by atoms with Crippen LogP contribution in [-0.2, 0) is 6.42 Å². The lowest BCUT2D eigenvalue weighted by Crippen LogP contribution is -2.12. The van der Waals surface area contributed by atoms with Crippen LogP contribution in [0.15, 0.2) is 39.6 Å². The topological polar surface area (TPSA) is 79.9 Å². The molecule has 0 saturated carbocycles. The van der Waals surface area contributed by atoms with Gasteiger partial charge in [0.15, 0.2) is 0 Å². The van der Waals surface area contributed by atoms with Crippen LogP contribution in [0.4, 0.5) is 0 Å². The molecule has 0 aliphatic carbocycles. The minimum absolute atomic E-state index is 0.0935. The lowest BCUT2D eigenvalue weighted by Gasteiger charge is -2.14. The molecule has 1 heterocycles. The molecule has 0 unspecified atom stereocenters. The molecule has 0 radical (unpaired) electrons. The summed E-state index contributed by atoms with van der Waals surface area (Å²) in [7, 11) is 1.46. The van der Waals surface area contributed by atoms with Crippen LogP contribution >= 0.6 is 0 Å². The Labute approximate surface area is 115 Å². The predicted molar refractivity (Wildman–Crippen MR) is 75.2 cm³/mol. The minimum atomic E-state index is -0.831. The van der Waals surface area contributed by atoms with Crippen molar-refractivity contribution in [2.24, 2.45) is 0 Å². The zero-order valence-electron chi connectivity index (χ0n) is 11.3. The maximum Gasteiger partial charge on any atom is 0.336 e. The van der Waals surface area contributed by atoms with Crippen LogP contribution < -0.4 is 10.4 Å². The highest BCUT2D eigenvalue weighted by molar-refractivity contribution is 5.88. The highest BCUT2D eigenvalue weighted by Gasteiger charge is 2.18. The van der Waals surface area contributed by atoms with Crippen LogP contribution in [0.5, 0.6) is 11.5 Å². The second-order valence-electron chi connectivity index (χ2n) is 4.64. The largest absolute Gasteiger partial charge is 0.507 e. The van der Waals surface area contributed by atoms with E-state index in [-0.39, 0.29) is 17.8 Å². The number of aliphatic hydroxyl groups excluding tert-OH is 1. The first kappa shape index (κ1) is 14.1. The molecule has 0 fully saturated rings. The molecule has 1 aromatic carbocycles. The molecular weight excluding hydrogens is 260 g/mol. The number of hydrogen-bond donors (Lipinski definition) is 2. The van der Waals surface area contributed by atoms with E-state index in [9.17, 15) is 15.0 Å². The van der Waals surface area contributed by atoms with E-state index in [1.54, 1.807) is 13.0 Å². The van der Waals surface area contributed by atoms with Crippen molar-refractivity contribution in [3.05, 3.63) is 46.3 Å². The maximum atomic E-state index is 11.4. The fourth-order valence-corrected chi connectivity index (χ4v) is 1.97. The number of phenols is 1. The van der Waals surface area contributed by atoms with E-state index in [1.165, 1.54) is 19.2 Å². The summed E-state index contributed by atoms with van der Waals surface area (Å²) in [5.41, 5.74) is 0.603. The van der Waals surface area contributed by atoms with Gasteiger partial charge in [0.05, 0.1) is 18.6 Å². The normalized spacial score (nSPS) is 12.3. The lowest BCUT2D eigenvalue weighted by atomic mass is 10.00. The molecular formula is C15H16O5. The van der Waals surface area contributed by atoms with E-state index in [0.717, 1.165) is 0 Å². The molecule has 5 nitrogen and oxygen atoms in total. The summed E-state index contributed by atoms with van der Waals surface area (Å²) in [6, 6.07) is 4.28. The number of aliphatic hydroxyl groups is 1. The number of ether oxygens (including phenoxy) is 1. The maximum absolute atomic E-state index is 11.4. The molecule has 5 heteroatoms. The van der Waals surface area contributed by atoms with Gasteiger partial charge in [0.25, 0.3) is 0 Å². The molecule has 1 atom stereocenters. The van der Waals surface area contributed by atoms with Gasteiger partial charge in [-0.2, -0.15) is 0 Å². The lowest BCUT2D eigenvalue weighted by molar-refractivity contribution is 0.210. The summed E-state index contributed by atoms with van der Waals surface area (Å²) in [5, 5.41) is 20.5. The zero-order chi connectivity index (χ0) is 14.9. The standard InChI is InChI=1S/C15H16O5/c1-8(2)11(16)6-10-12(17)7-13(19-3)9-4-5-14(18)20-15(9)10/h4-5,7,11,16-17H,1,6H2,2-3H3/t11-/m1/s1. The van der Waals surface area contributed by atoms with Crippen molar-refractivity contribution in [2.75, 3.05) is 7.11 Å². The fourth-order valence-electron chi connectivity index (χ4n) is 1.97. The number of phenolic OH excluding ortho intramolecular Hbond substituents is 1. The number of aromatic hydroxyl groups is 1. The van der Waals surface area contributed by atoms with Crippen LogP contribution in [0, 0.1) is 0 Å². The third kappa shape index (κ3) is 2.53. The van der Waals surface area contributed by atoms with E-state index in [4.69, 9.17) is 9.15 Å². The van der Waals surface area contributed by atoms with E-state index >= 15 is 0 Å². The first-order valence-corrected chi connectivity index (χ1v) is 6.10. The van der Waals surface area contributed by atoms with Gasteiger partial charge in [-0.1, -0.05) is 12.2 Å². The molecule has 0 saturated heterocycles. The van der Waals surface area contributed by atoms with Gasteiger partial charge in [-0.3, -0.25) is 0 Å². The second kappa shape index (κ2) is 5.38. The number of rotatable bonds is 4. The molecule has 2 N–H and O–H groups in total. The summed E-state index contributed by atoms with van der Waals surface area (Å²) in [6.07, 6.45) is -0.725. The van der Waals surface area contributed by atoms with Gasteiger partial charge >= 0.3 is 5.63 Å². The van der Waals surface area contributed by atoms with Crippen molar-refractivity contribution in [3.63, 3.8) is 0 Å². The van der Waals surface area contributed by atoms with Crippen molar-refractivity contribution < 1.29 is 19.4 Å². The van der Waals surface area contributed by atoms with Crippen molar-refractivity contribution in [1.82, 2.24) is 0 Å². The Morgan fingerprint density at radius 3 is 2.80 bits per heavy atom. The number of methoxy groups -OCH3 is 1. The van der Waals surface area contributed by atoms with Crippen molar-refractivity contribution >= 4 is 11.0 Å². The van der Waals surface area contributed by atoms with Gasteiger partial charge < -0.3 is 19.4 Å². The third-order valence-corrected chi connectivity index (χ3v) is 3.14. The smallest absolute Gasteiger partial charge is 0.336 e. The Balaban J connectivity index is 2.69. The number of fused-ring (bicyclic) bond motifs is 1. The van der Waals surface area contributed by atoms with Crippen molar-refractivity contribution in [2.45, 2.75) is 19.4 Å². The molecule has 0 bridgehead atoms. The number of hydrogen-bond acceptors (Lipinski definition) is 5. The molecule has 0 aliphatic rings. The van der Waals surface area contributed by atoms with Gasteiger partial charge in [0.2, 0.25) is 0 Å². The first-order chi connectivity index (χ1) is 9.43. The predicted octanol–water partition coefficient (Wildman–Crippen LogP) is 1.99. The molecule has 1 aromatic heterocycles. The van der Waals surface area contributed by atoms with E-state index in [1.807, 2.05) is 0 Å². The summed E-state index contributed by atoms with van der Waals surface area (Å²) in [6.45, 7) is 5.35. The SMILES string of the molecule is C=C(C)[C@H](O)Cc1c(O)cc(OC)c2ccc(=O)oc12. The van der Waals surface area contributed by atoms with Crippen molar-refractivity contribution in [3.8, 4) is 11.5 Å². The first-order valence-electron chi connectivity index (χ1n) is 6.10. The summed E-state index contributed by atoms with van der Waals surface area (Å²) in [5.74, 6) is 0.304. The quantitative estimate of drug-likeness (QED) is 0.659. The third-order valence-electron chi connectivity index (χ3n) is 3.14. The monoisotopic (exact) mass is 276 g/mol. The molecule has 20 heavy (non-hydrogen) atoms. The molecule has 0 spiro atoms. The molecule has 106 valence electrons. The summed E-state index contributed by atoms with van der Waals surface area (Å²) in [4.78, 5) is 11.4. The molecule has 0 aliphatic heterocycles. The highest BCUT2D eigenvalue weighted by Crippen LogP contribution is 2.35. The Bertz CT molecular complexity index is 714. The van der Waals surface area contributed by atoms with Gasteiger partial charge in [-0.25, -0.2) is 4.79 Å². The summed E-state index contributed by atoms with van der Waals surface area (Å²) < 4.78 is 10.3. The summed E-state index contributed by atoms with van der Waals surface area (Å²) >= 11 is 0. The van der Waals surface area contributed by atoms with Crippen LogP contribution in [0.1, 0.15) is 12.5 Å². The van der Waals surface area contributed by atoms with Crippen molar-refractivity contribution in [1.29, 1.82) is 0 Å². The fraction of sp³-hybridized carbons (Fsp3) is 0.267. The van der Waals surface area contributed by atoms with E-state index < -0.39 is 11.7 Å². The average molecular weight is 276 g/mol. The second-order valence-corrected chi connectivity index (χ2v) is 4.64. The Kier molecular flexibility index (Phi) is 3.81. The van der Waals surface area contributed by atoms with Crippen LogP contribution in [0.3, 0.4) is 0 Å². The van der Waals surface area contributed by atoms with Gasteiger partial charge in [-0.15, -0.1) is 0 Å². The van der Waals surface area contributed by atoms with Crippen LogP contribution in [-0.4, -0.2) is 23.4 Å². The van der Waals surface area contributed by atoms with Gasteiger partial charge in [0.1, 0.15) is 17.1 Å². The van der Waals surface area contributed by atoms with Crippen LogP contribution in [0.25, 0.3) is 11.0 Å². The van der Waals surface area contributed by atoms with Gasteiger partial charge in [0, 0.05) is 24.1 Å². The molecule has 2 aromatic rings. The average Bonchev–Trinajstić information content (AvgIpc) is 2.41. The zero-order valence-corrected chi connectivity index (χ0v) is 11.3. The highest BCUT2D eigenvalue weighted by atomic mass is 16.5. The minimum Gasteiger partial charge on any atom is -0.507 e. The number of benzene rings is 1. The van der Waals surface area contributed by atoms with Gasteiger partial charge in [-0.05, 0) is 13.0 Å².